The Morgan fingerprint density at radius 1 is 1.24 bits per heavy atom. The van der Waals surface area contributed by atoms with Crippen LogP contribution in [-0.4, -0.2) is 55.1 Å². The molecule has 1 aliphatic rings. The van der Waals surface area contributed by atoms with Crippen molar-refractivity contribution in [3.05, 3.63) is 64.3 Å². The first-order valence-corrected chi connectivity index (χ1v) is 11.0. The molecule has 0 fully saturated rings. The van der Waals surface area contributed by atoms with Gasteiger partial charge in [-0.15, -0.1) is 0 Å². The van der Waals surface area contributed by atoms with Gasteiger partial charge < -0.3 is 15.4 Å². The predicted octanol–water partition coefficient (Wildman–Crippen LogP) is 3.59. The molecule has 0 bridgehead atoms. The summed E-state index contributed by atoms with van der Waals surface area (Å²) in [6.07, 6.45) is 0.595. The molecule has 2 aromatic carbocycles. The van der Waals surface area contributed by atoms with Crippen molar-refractivity contribution in [3.63, 3.8) is 0 Å². The molecular formula is C24H24ClFN4O3. The largest absolute Gasteiger partial charge is 0.495 e. The molecule has 3 aromatic rings. The summed E-state index contributed by atoms with van der Waals surface area (Å²) in [7, 11) is 1.52. The van der Waals surface area contributed by atoms with Gasteiger partial charge >= 0.3 is 0 Å². The van der Waals surface area contributed by atoms with E-state index in [1.54, 1.807) is 18.2 Å². The van der Waals surface area contributed by atoms with Crippen molar-refractivity contribution in [2.45, 2.75) is 13.0 Å². The molecule has 4 rings (SSSR count). The number of nitrogens with one attached hydrogen (secondary N) is 2. The predicted molar refractivity (Wildman–Crippen MR) is 126 cm³/mol. The number of aromatic nitrogens is 1. The van der Waals surface area contributed by atoms with E-state index in [1.807, 2.05) is 29.2 Å². The van der Waals surface area contributed by atoms with E-state index in [4.69, 9.17) is 21.3 Å². The standard InChI is InChI=1S/C24H24ClFN4O3/c1-33-21-7-6-15(25)12-20(21)29-22(31)14-30-11-8-19-17(13-30)23(24(32)27-10-9-26)16-4-2-3-5-18(16)28-19/h2-7,12H,8-11,13-14H2,1H3,(H,27,32)(H,29,31). The fourth-order valence-corrected chi connectivity index (χ4v) is 4.23. The van der Waals surface area contributed by atoms with Crippen LogP contribution in [0, 0.1) is 0 Å². The molecule has 2 amide bonds. The summed E-state index contributed by atoms with van der Waals surface area (Å²) in [5.74, 6) is -0.0482. The minimum Gasteiger partial charge on any atom is -0.495 e. The first kappa shape index (κ1) is 22.9. The van der Waals surface area contributed by atoms with Crippen molar-refractivity contribution >= 4 is 40.0 Å². The van der Waals surface area contributed by atoms with Crippen LogP contribution in [0.4, 0.5) is 10.1 Å². The number of ether oxygens (including phenoxy) is 1. The van der Waals surface area contributed by atoms with E-state index in [9.17, 15) is 14.0 Å². The van der Waals surface area contributed by atoms with E-state index >= 15 is 0 Å². The van der Waals surface area contributed by atoms with Crippen LogP contribution in [0.5, 0.6) is 5.75 Å². The monoisotopic (exact) mass is 470 g/mol. The molecule has 1 aliphatic heterocycles. The van der Waals surface area contributed by atoms with Crippen LogP contribution in [0.25, 0.3) is 10.9 Å². The normalized spacial score (nSPS) is 13.4. The van der Waals surface area contributed by atoms with Gasteiger partial charge in [-0.3, -0.25) is 19.5 Å². The van der Waals surface area contributed by atoms with Crippen molar-refractivity contribution in [3.8, 4) is 5.75 Å². The maximum atomic E-state index is 12.9. The Morgan fingerprint density at radius 3 is 2.85 bits per heavy atom. The minimum absolute atomic E-state index is 0.0577. The average molecular weight is 471 g/mol. The van der Waals surface area contributed by atoms with Crippen LogP contribution >= 0.6 is 11.6 Å². The molecular weight excluding hydrogens is 447 g/mol. The summed E-state index contributed by atoms with van der Waals surface area (Å²) in [6.45, 7) is 0.414. The van der Waals surface area contributed by atoms with E-state index in [0.29, 0.717) is 46.9 Å². The maximum Gasteiger partial charge on any atom is 0.252 e. The van der Waals surface area contributed by atoms with Gasteiger partial charge in [0.15, 0.2) is 0 Å². The molecule has 0 radical (unpaired) electrons. The fourth-order valence-electron chi connectivity index (χ4n) is 4.06. The van der Waals surface area contributed by atoms with E-state index in [2.05, 4.69) is 10.6 Å². The van der Waals surface area contributed by atoms with Crippen LogP contribution in [0.1, 0.15) is 21.6 Å². The van der Waals surface area contributed by atoms with Gasteiger partial charge in [-0.05, 0) is 24.3 Å². The van der Waals surface area contributed by atoms with Crippen molar-refractivity contribution < 1.29 is 18.7 Å². The average Bonchev–Trinajstić information content (AvgIpc) is 2.81. The highest BCUT2D eigenvalue weighted by atomic mass is 35.5. The molecule has 2 N–H and O–H groups in total. The third-order valence-electron chi connectivity index (χ3n) is 5.54. The van der Waals surface area contributed by atoms with E-state index in [-0.39, 0.29) is 24.9 Å². The van der Waals surface area contributed by atoms with Gasteiger partial charge in [0.25, 0.3) is 5.91 Å². The number of carbonyl (C=O) groups excluding carboxylic acids is 2. The second-order valence-electron chi connectivity index (χ2n) is 7.73. The van der Waals surface area contributed by atoms with E-state index in [0.717, 1.165) is 16.8 Å². The molecule has 0 saturated heterocycles. The minimum atomic E-state index is -0.643. The SMILES string of the molecule is COc1ccc(Cl)cc1NC(=O)CN1CCc2nc3ccccc3c(C(=O)NCCF)c2C1. The van der Waals surface area contributed by atoms with Gasteiger partial charge in [-0.2, -0.15) is 0 Å². The van der Waals surface area contributed by atoms with E-state index < -0.39 is 6.67 Å². The molecule has 0 aliphatic carbocycles. The van der Waals surface area contributed by atoms with Gasteiger partial charge in [0, 0.05) is 47.7 Å². The molecule has 33 heavy (non-hydrogen) atoms. The number of methoxy groups -OCH3 is 1. The number of hydrogen-bond donors (Lipinski definition) is 2. The summed E-state index contributed by atoms with van der Waals surface area (Å²) in [6, 6.07) is 12.4. The Balaban J connectivity index is 1.57. The Bertz CT molecular complexity index is 1200. The molecule has 0 atom stereocenters. The van der Waals surface area contributed by atoms with Crippen LogP contribution in [0.2, 0.25) is 5.02 Å². The highest BCUT2D eigenvalue weighted by Gasteiger charge is 2.26. The molecule has 0 saturated carbocycles. The molecule has 7 nitrogen and oxygen atoms in total. The molecule has 1 aromatic heterocycles. The Morgan fingerprint density at radius 2 is 2.06 bits per heavy atom. The smallest absolute Gasteiger partial charge is 0.252 e. The lowest BCUT2D eigenvalue weighted by atomic mass is 9.95. The van der Waals surface area contributed by atoms with Crippen molar-refractivity contribution in [2.24, 2.45) is 0 Å². The quantitative estimate of drug-likeness (QED) is 0.551. The number of benzene rings is 2. The maximum absolute atomic E-state index is 12.9. The van der Waals surface area contributed by atoms with E-state index in [1.165, 1.54) is 7.11 Å². The van der Waals surface area contributed by atoms with Crippen LogP contribution in [-0.2, 0) is 17.8 Å². The zero-order valence-corrected chi connectivity index (χ0v) is 18.9. The highest BCUT2D eigenvalue weighted by Crippen LogP contribution is 2.29. The number of anilines is 1. The first-order valence-electron chi connectivity index (χ1n) is 10.6. The fraction of sp³-hybridized carbons (Fsp3) is 0.292. The lowest BCUT2D eigenvalue weighted by Gasteiger charge is -2.29. The number of nitrogens with zero attached hydrogens (tertiary/aromatic N) is 2. The number of rotatable bonds is 7. The summed E-state index contributed by atoms with van der Waals surface area (Å²) in [5, 5.41) is 6.67. The molecule has 172 valence electrons. The number of alkyl halides is 1. The van der Waals surface area contributed by atoms with Crippen molar-refractivity contribution in [2.75, 3.05) is 38.7 Å². The number of para-hydroxylation sites is 1. The number of pyridine rings is 1. The van der Waals surface area contributed by atoms with Gasteiger partial charge in [-0.25, -0.2) is 4.39 Å². The summed E-state index contributed by atoms with van der Waals surface area (Å²) >= 11 is 6.05. The number of fused-ring (bicyclic) bond motifs is 2. The lowest BCUT2D eigenvalue weighted by molar-refractivity contribution is -0.117. The summed E-state index contributed by atoms with van der Waals surface area (Å²) in [4.78, 5) is 32.4. The second-order valence-corrected chi connectivity index (χ2v) is 8.16. The number of hydrogen-bond acceptors (Lipinski definition) is 5. The third-order valence-corrected chi connectivity index (χ3v) is 5.77. The number of amides is 2. The third kappa shape index (κ3) is 5.07. The zero-order chi connectivity index (χ0) is 23.4. The Hall–Kier alpha value is -3.23. The number of carbonyl (C=O) groups is 2. The molecule has 9 heteroatoms. The number of halogens is 2. The van der Waals surface area contributed by atoms with Gasteiger partial charge in [0.2, 0.25) is 5.91 Å². The zero-order valence-electron chi connectivity index (χ0n) is 18.2. The topological polar surface area (TPSA) is 83.6 Å². The van der Waals surface area contributed by atoms with Gasteiger partial charge in [0.1, 0.15) is 12.4 Å². The highest BCUT2D eigenvalue weighted by molar-refractivity contribution is 6.31. The van der Waals surface area contributed by atoms with Gasteiger partial charge in [-0.1, -0.05) is 29.8 Å². The summed E-state index contributed by atoms with van der Waals surface area (Å²) < 4.78 is 18.0. The second kappa shape index (κ2) is 10.1. The van der Waals surface area contributed by atoms with Gasteiger partial charge in [0.05, 0.1) is 30.4 Å². The molecule has 0 unspecified atom stereocenters. The first-order chi connectivity index (χ1) is 16.0. The van der Waals surface area contributed by atoms with Crippen LogP contribution in [0.15, 0.2) is 42.5 Å². The molecule has 0 spiro atoms. The molecule has 2 heterocycles. The lowest BCUT2D eigenvalue weighted by Crippen LogP contribution is -2.39. The van der Waals surface area contributed by atoms with Crippen LogP contribution in [0.3, 0.4) is 0 Å². The van der Waals surface area contributed by atoms with Crippen LogP contribution < -0.4 is 15.4 Å². The van der Waals surface area contributed by atoms with Crippen molar-refractivity contribution in [1.29, 1.82) is 0 Å². The van der Waals surface area contributed by atoms with Crippen molar-refractivity contribution in [1.82, 2.24) is 15.2 Å². The Labute approximate surface area is 195 Å². The summed E-state index contributed by atoms with van der Waals surface area (Å²) in [5.41, 5.74) is 3.30. The Kier molecular flexibility index (Phi) is 7.05.